The average Bonchev–Trinajstić information content (AvgIpc) is 3.86. The molecule has 0 amide bonds. The maximum absolute atomic E-state index is 6.82. The summed E-state index contributed by atoms with van der Waals surface area (Å²) in [5.74, 6) is 0. The minimum atomic E-state index is 0.529. The number of pyridine rings is 1. The summed E-state index contributed by atoms with van der Waals surface area (Å²) in [5.41, 5.74) is 11.6. The lowest BCUT2D eigenvalue weighted by molar-refractivity contribution is 1.32. The summed E-state index contributed by atoms with van der Waals surface area (Å²) in [5, 5.41) is 2.14. The molecular formula is C36H21Cl4N5. The number of fused-ring (bicyclic) bond motifs is 9. The SMILES string of the molecule is Clc1cccc(Cl)c1-c1c2nc(c3ccc([nH]3)c(-c3c(Cl)cccc3Cl)c3ccc([nH]3)c(-c3ccncc3)c3ccc1[nH]3)C=C2. The van der Waals surface area contributed by atoms with E-state index in [1.165, 1.54) is 0 Å². The third-order valence-corrected chi connectivity index (χ3v) is 9.23. The van der Waals surface area contributed by atoms with E-state index in [9.17, 15) is 0 Å². The quantitative estimate of drug-likeness (QED) is 0.176. The Balaban J connectivity index is 1.60. The van der Waals surface area contributed by atoms with Crippen LogP contribution in [0.4, 0.5) is 0 Å². The molecule has 3 N–H and O–H groups in total. The maximum atomic E-state index is 6.82. The number of halogens is 4. The Morgan fingerprint density at radius 2 is 0.822 bits per heavy atom. The van der Waals surface area contributed by atoms with Crippen LogP contribution in [0.1, 0.15) is 11.4 Å². The Hall–Kier alpha value is -4.52. The summed E-state index contributed by atoms with van der Waals surface area (Å²) in [7, 11) is 0. The average molecular weight is 665 g/mol. The molecule has 5 aromatic heterocycles. The van der Waals surface area contributed by atoms with Crippen molar-refractivity contribution >= 4 is 91.7 Å². The highest BCUT2D eigenvalue weighted by atomic mass is 35.5. The van der Waals surface area contributed by atoms with E-state index in [1.807, 2.05) is 84.9 Å². The number of nitrogens with one attached hydrogen (secondary N) is 3. The van der Waals surface area contributed by atoms with Gasteiger partial charge in [0.25, 0.3) is 0 Å². The normalized spacial score (nSPS) is 11.9. The Kier molecular flexibility index (Phi) is 6.92. The van der Waals surface area contributed by atoms with Gasteiger partial charge in [-0.2, -0.15) is 0 Å². The Morgan fingerprint density at radius 1 is 0.400 bits per heavy atom. The van der Waals surface area contributed by atoms with Gasteiger partial charge in [-0.3, -0.25) is 4.98 Å². The van der Waals surface area contributed by atoms with Gasteiger partial charge in [0.15, 0.2) is 0 Å². The maximum Gasteiger partial charge on any atom is 0.0872 e. The Bertz CT molecular complexity index is 2400. The number of nitrogens with zero attached hydrogens (tertiary/aromatic N) is 2. The summed E-state index contributed by atoms with van der Waals surface area (Å²) < 4.78 is 0. The van der Waals surface area contributed by atoms with E-state index >= 15 is 0 Å². The van der Waals surface area contributed by atoms with Crippen LogP contribution in [0.25, 0.3) is 78.6 Å². The van der Waals surface area contributed by atoms with Crippen molar-refractivity contribution in [1.29, 1.82) is 0 Å². The van der Waals surface area contributed by atoms with Crippen LogP contribution < -0.4 is 0 Å². The van der Waals surface area contributed by atoms with Crippen molar-refractivity contribution in [3.05, 3.63) is 129 Å². The Morgan fingerprint density at radius 3 is 1.38 bits per heavy atom. The zero-order valence-electron chi connectivity index (χ0n) is 23.3. The van der Waals surface area contributed by atoms with Crippen molar-refractivity contribution < 1.29 is 0 Å². The molecule has 218 valence electrons. The molecule has 5 nitrogen and oxygen atoms in total. The first-order valence-corrected chi connectivity index (χ1v) is 15.6. The first kappa shape index (κ1) is 28.0. The molecule has 0 saturated heterocycles. The smallest absolute Gasteiger partial charge is 0.0872 e. The minimum Gasteiger partial charge on any atom is -0.354 e. The third-order valence-electron chi connectivity index (χ3n) is 7.97. The zero-order valence-corrected chi connectivity index (χ0v) is 26.3. The molecule has 0 atom stereocenters. The predicted octanol–water partition coefficient (Wildman–Crippen LogP) is 11.7. The molecule has 0 unspecified atom stereocenters. The molecule has 8 rings (SSSR count). The molecular weight excluding hydrogens is 644 g/mol. The summed E-state index contributed by atoms with van der Waals surface area (Å²) in [6.07, 6.45) is 7.53. The van der Waals surface area contributed by atoms with E-state index in [0.29, 0.717) is 25.7 Å². The standard InChI is InChI=1S/C36H21Cl4N5/c37-20-3-1-4-21(38)33(20)35-28-9-7-24(42-28)25-8-10-29(43-25)36(34-22(39)5-2-6-23(34)40)31-14-12-27(45-31)32(19-15-17-41-18-16-19)26-11-13-30(35)44-26/h1-18,42,44-45H. The minimum absolute atomic E-state index is 0.529. The van der Waals surface area contributed by atoms with Crippen LogP contribution in [-0.2, 0) is 0 Å². The second-order valence-electron chi connectivity index (χ2n) is 10.6. The molecule has 6 heterocycles. The fourth-order valence-corrected chi connectivity index (χ4v) is 7.15. The lowest BCUT2D eigenvalue weighted by Gasteiger charge is -2.09. The second-order valence-corrected chi connectivity index (χ2v) is 12.3. The van der Waals surface area contributed by atoms with Gasteiger partial charge in [-0.15, -0.1) is 0 Å². The van der Waals surface area contributed by atoms with E-state index in [2.05, 4.69) is 32.1 Å². The number of aromatic amines is 3. The highest BCUT2D eigenvalue weighted by molar-refractivity contribution is 6.40. The van der Waals surface area contributed by atoms with E-state index in [1.54, 1.807) is 12.4 Å². The summed E-state index contributed by atoms with van der Waals surface area (Å²) in [6.45, 7) is 0. The van der Waals surface area contributed by atoms with Crippen molar-refractivity contribution in [3.8, 4) is 33.4 Å². The van der Waals surface area contributed by atoms with Crippen LogP contribution in [0.3, 0.4) is 0 Å². The van der Waals surface area contributed by atoms with Gasteiger partial charge in [0.2, 0.25) is 0 Å². The van der Waals surface area contributed by atoms with Gasteiger partial charge in [-0.05, 0) is 90.5 Å². The lowest BCUT2D eigenvalue weighted by atomic mass is 10.0. The molecule has 0 spiro atoms. The van der Waals surface area contributed by atoms with Crippen LogP contribution in [-0.4, -0.2) is 24.9 Å². The molecule has 0 aliphatic carbocycles. The van der Waals surface area contributed by atoms with Gasteiger partial charge in [0.1, 0.15) is 0 Å². The topological polar surface area (TPSA) is 73.2 Å². The zero-order chi connectivity index (χ0) is 30.7. The largest absolute Gasteiger partial charge is 0.354 e. The van der Waals surface area contributed by atoms with Gasteiger partial charge in [0.05, 0.1) is 37.0 Å². The van der Waals surface area contributed by atoms with Crippen LogP contribution in [0.15, 0.2) is 97.3 Å². The molecule has 8 bridgehead atoms. The molecule has 0 radical (unpaired) electrons. The molecule has 9 heteroatoms. The lowest BCUT2D eigenvalue weighted by Crippen LogP contribution is -1.88. The van der Waals surface area contributed by atoms with Crippen molar-refractivity contribution in [2.45, 2.75) is 0 Å². The van der Waals surface area contributed by atoms with E-state index in [0.717, 1.165) is 72.3 Å². The van der Waals surface area contributed by atoms with E-state index < -0.39 is 0 Å². The molecule has 0 saturated carbocycles. The number of hydrogen-bond donors (Lipinski definition) is 3. The molecule has 2 aromatic carbocycles. The molecule has 1 aliphatic heterocycles. The number of benzene rings is 2. The van der Waals surface area contributed by atoms with Gasteiger partial charge in [-0.1, -0.05) is 58.5 Å². The first-order chi connectivity index (χ1) is 22.0. The Labute approximate surface area is 277 Å². The molecule has 1 aliphatic rings. The third kappa shape index (κ3) is 4.80. The number of H-pyrrole nitrogens is 3. The van der Waals surface area contributed by atoms with Crippen LogP contribution in [0.2, 0.25) is 20.1 Å². The highest BCUT2D eigenvalue weighted by Crippen LogP contribution is 2.42. The van der Waals surface area contributed by atoms with Crippen LogP contribution >= 0.6 is 46.4 Å². The number of rotatable bonds is 3. The van der Waals surface area contributed by atoms with Gasteiger partial charge in [0, 0.05) is 67.8 Å². The van der Waals surface area contributed by atoms with Crippen molar-refractivity contribution in [3.63, 3.8) is 0 Å². The van der Waals surface area contributed by atoms with Crippen LogP contribution in [0.5, 0.6) is 0 Å². The highest BCUT2D eigenvalue weighted by Gasteiger charge is 2.19. The summed E-state index contributed by atoms with van der Waals surface area (Å²) in [6, 6.07) is 27.2. The van der Waals surface area contributed by atoms with Crippen molar-refractivity contribution in [2.75, 3.05) is 0 Å². The summed E-state index contributed by atoms with van der Waals surface area (Å²) in [4.78, 5) is 20.3. The van der Waals surface area contributed by atoms with E-state index in [4.69, 9.17) is 51.4 Å². The number of aromatic nitrogens is 5. The second kappa shape index (κ2) is 11.1. The van der Waals surface area contributed by atoms with E-state index in [-0.39, 0.29) is 0 Å². The van der Waals surface area contributed by atoms with Gasteiger partial charge < -0.3 is 15.0 Å². The van der Waals surface area contributed by atoms with Gasteiger partial charge >= 0.3 is 0 Å². The number of hydrogen-bond acceptors (Lipinski definition) is 2. The monoisotopic (exact) mass is 663 g/mol. The molecule has 7 aromatic rings. The predicted molar refractivity (Wildman–Crippen MR) is 189 cm³/mol. The fourth-order valence-electron chi connectivity index (χ4n) is 5.98. The van der Waals surface area contributed by atoms with Crippen molar-refractivity contribution in [2.24, 2.45) is 0 Å². The summed E-state index contributed by atoms with van der Waals surface area (Å²) >= 11 is 27.3. The fraction of sp³-hybridized carbons (Fsp3) is 0. The molecule has 45 heavy (non-hydrogen) atoms. The first-order valence-electron chi connectivity index (χ1n) is 14.1. The molecule has 0 fully saturated rings. The van der Waals surface area contributed by atoms with Crippen molar-refractivity contribution in [1.82, 2.24) is 24.9 Å². The van der Waals surface area contributed by atoms with Crippen LogP contribution in [0, 0.1) is 0 Å². The van der Waals surface area contributed by atoms with Gasteiger partial charge in [-0.25, -0.2) is 4.98 Å².